The van der Waals surface area contributed by atoms with Gasteiger partial charge in [-0.1, -0.05) is 6.92 Å². The Bertz CT molecular complexity index is 476. The van der Waals surface area contributed by atoms with Crippen molar-refractivity contribution in [1.82, 2.24) is 10.3 Å². The summed E-state index contributed by atoms with van der Waals surface area (Å²) in [6.45, 7) is 3.86. The third kappa shape index (κ3) is 3.11. The largest absolute Gasteiger partial charge is 0.375 e. The number of aromatic nitrogens is 1. The fraction of sp³-hybridized carbons (Fsp3) is 0.706. The van der Waals surface area contributed by atoms with E-state index < -0.39 is 0 Å². The molecule has 116 valence electrons. The highest BCUT2D eigenvalue weighted by Gasteiger charge is 2.44. The molecule has 3 nitrogen and oxygen atoms in total. The first kappa shape index (κ1) is 14.9. The van der Waals surface area contributed by atoms with Crippen LogP contribution in [0.15, 0.2) is 18.5 Å². The number of halogens is 1. The van der Waals surface area contributed by atoms with Gasteiger partial charge in [0.15, 0.2) is 0 Å². The van der Waals surface area contributed by atoms with Gasteiger partial charge in [-0.15, -0.1) is 0 Å². The van der Waals surface area contributed by atoms with Gasteiger partial charge in [-0.2, -0.15) is 0 Å². The zero-order valence-electron chi connectivity index (χ0n) is 12.8. The first-order chi connectivity index (χ1) is 10.2. The molecule has 1 aromatic rings. The molecule has 2 aliphatic rings. The second-order valence-corrected chi connectivity index (χ2v) is 6.47. The number of pyridine rings is 1. The minimum atomic E-state index is -0.194. The Kier molecular flexibility index (Phi) is 4.55. The summed E-state index contributed by atoms with van der Waals surface area (Å²) in [5.74, 6) is 0.253. The molecule has 0 radical (unpaired) electrons. The minimum Gasteiger partial charge on any atom is -0.375 e. The maximum absolute atomic E-state index is 14.2. The van der Waals surface area contributed by atoms with Gasteiger partial charge in [0.1, 0.15) is 5.82 Å². The number of hydrogen-bond acceptors (Lipinski definition) is 3. The molecule has 21 heavy (non-hydrogen) atoms. The standard InChI is InChI=1S/C17H25FN2O/c1-2-8-20-16(14-4-9-19-12-15(14)18)13-5-10-21-17(11-13)6-3-7-17/h4,9,12-13,16,20H,2-3,5-8,10-11H2,1H3. The molecular formula is C17H25FN2O. The lowest BCUT2D eigenvalue weighted by molar-refractivity contribution is -0.147. The zero-order chi connectivity index (χ0) is 14.7. The maximum Gasteiger partial charge on any atom is 0.146 e. The lowest BCUT2D eigenvalue weighted by Gasteiger charge is -2.49. The Labute approximate surface area is 126 Å². The van der Waals surface area contributed by atoms with E-state index in [4.69, 9.17) is 4.74 Å². The van der Waals surface area contributed by atoms with Gasteiger partial charge in [-0.25, -0.2) is 4.39 Å². The molecule has 1 saturated carbocycles. The Morgan fingerprint density at radius 1 is 1.52 bits per heavy atom. The fourth-order valence-electron chi connectivity index (χ4n) is 3.74. The lowest BCUT2D eigenvalue weighted by Crippen LogP contribution is -2.48. The van der Waals surface area contributed by atoms with E-state index in [-0.39, 0.29) is 17.5 Å². The normalized spacial score (nSPS) is 25.5. The van der Waals surface area contributed by atoms with Gasteiger partial charge in [0.2, 0.25) is 0 Å². The third-order valence-electron chi connectivity index (χ3n) is 5.02. The van der Waals surface area contributed by atoms with Crippen molar-refractivity contribution in [3.05, 3.63) is 29.8 Å². The van der Waals surface area contributed by atoms with E-state index in [0.717, 1.165) is 38.0 Å². The van der Waals surface area contributed by atoms with Crippen LogP contribution >= 0.6 is 0 Å². The molecule has 1 aromatic heterocycles. The van der Waals surface area contributed by atoms with Crippen LogP contribution < -0.4 is 5.32 Å². The van der Waals surface area contributed by atoms with Crippen LogP contribution in [0.3, 0.4) is 0 Å². The van der Waals surface area contributed by atoms with Crippen LogP contribution in [0.1, 0.15) is 57.1 Å². The second kappa shape index (κ2) is 6.41. The van der Waals surface area contributed by atoms with Gasteiger partial charge in [-0.05, 0) is 57.1 Å². The number of nitrogens with zero attached hydrogens (tertiary/aromatic N) is 1. The maximum atomic E-state index is 14.2. The molecule has 1 saturated heterocycles. The number of ether oxygens (including phenoxy) is 1. The summed E-state index contributed by atoms with van der Waals surface area (Å²) in [6.07, 6.45) is 9.74. The van der Waals surface area contributed by atoms with Crippen molar-refractivity contribution < 1.29 is 9.13 Å². The molecule has 1 aliphatic carbocycles. The van der Waals surface area contributed by atoms with Crippen molar-refractivity contribution in [2.75, 3.05) is 13.2 Å². The number of hydrogen-bond donors (Lipinski definition) is 1. The average molecular weight is 292 g/mol. The highest BCUT2D eigenvalue weighted by molar-refractivity contribution is 5.19. The summed E-state index contributed by atoms with van der Waals surface area (Å²) in [4.78, 5) is 3.88. The summed E-state index contributed by atoms with van der Waals surface area (Å²) in [6, 6.07) is 1.90. The molecular weight excluding hydrogens is 267 g/mol. The van der Waals surface area contributed by atoms with E-state index >= 15 is 0 Å². The van der Waals surface area contributed by atoms with Gasteiger partial charge in [-0.3, -0.25) is 4.98 Å². The second-order valence-electron chi connectivity index (χ2n) is 6.47. The van der Waals surface area contributed by atoms with E-state index in [9.17, 15) is 4.39 Å². The molecule has 2 heterocycles. The molecule has 4 heteroatoms. The molecule has 0 amide bonds. The highest BCUT2D eigenvalue weighted by atomic mass is 19.1. The van der Waals surface area contributed by atoms with Crippen molar-refractivity contribution in [2.24, 2.45) is 5.92 Å². The van der Waals surface area contributed by atoms with Crippen LogP contribution in [0.4, 0.5) is 4.39 Å². The van der Waals surface area contributed by atoms with Crippen LogP contribution in [-0.4, -0.2) is 23.7 Å². The Morgan fingerprint density at radius 3 is 3.05 bits per heavy atom. The van der Waals surface area contributed by atoms with Gasteiger partial charge >= 0.3 is 0 Å². The first-order valence-corrected chi connectivity index (χ1v) is 8.21. The summed E-state index contributed by atoms with van der Waals surface area (Å²) in [7, 11) is 0. The summed E-state index contributed by atoms with van der Waals surface area (Å²) >= 11 is 0. The SMILES string of the molecule is CCCNC(c1ccncc1F)C1CCOC2(CCC2)C1. The molecule has 1 aliphatic heterocycles. The van der Waals surface area contributed by atoms with Crippen LogP contribution in [0.2, 0.25) is 0 Å². The Hall–Kier alpha value is -1.00. The number of rotatable bonds is 5. The van der Waals surface area contributed by atoms with E-state index in [1.54, 1.807) is 6.20 Å². The predicted molar refractivity (Wildman–Crippen MR) is 80.5 cm³/mol. The fourth-order valence-corrected chi connectivity index (χ4v) is 3.74. The van der Waals surface area contributed by atoms with E-state index in [1.165, 1.54) is 25.5 Å². The van der Waals surface area contributed by atoms with Gasteiger partial charge < -0.3 is 10.1 Å². The molecule has 1 spiro atoms. The van der Waals surface area contributed by atoms with Gasteiger partial charge in [0.25, 0.3) is 0 Å². The third-order valence-corrected chi connectivity index (χ3v) is 5.02. The zero-order valence-corrected chi connectivity index (χ0v) is 12.8. The van der Waals surface area contributed by atoms with E-state index in [2.05, 4.69) is 17.2 Å². The Balaban J connectivity index is 1.80. The van der Waals surface area contributed by atoms with E-state index in [1.807, 2.05) is 6.07 Å². The summed E-state index contributed by atoms with van der Waals surface area (Å²) < 4.78 is 20.2. The predicted octanol–water partition coefficient (Wildman–Crippen LogP) is 3.61. The van der Waals surface area contributed by atoms with Crippen molar-refractivity contribution in [2.45, 2.75) is 57.1 Å². The molecule has 1 N–H and O–H groups in total. The lowest BCUT2D eigenvalue weighted by atomic mass is 9.69. The van der Waals surface area contributed by atoms with Crippen molar-refractivity contribution in [1.29, 1.82) is 0 Å². The summed E-state index contributed by atoms with van der Waals surface area (Å²) in [5.41, 5.74) is 0.860. The first-order valence-electron chi connectivity index (χ1n) is 8.21. The smallest absolute Gasteiger partial charge is 0.146 e. The van der Waals surface area contributed by atoms with E-state index in [0.29, 0.717) is 5.92 Å². The molecule has 3 rings (SSSR count). The summed E-state index contributed by atoms with van der Waals surface area (Å²) in [5, 5.41) is 3.56. The van der Waals surface area contributed by atoms with Crippen LogP contribution in [0.5, 0.6) is 0 Å². The van der Waals surface area contributed by atoms with Crippen molar-refractivity contribution >= 4 is 0 Å². The molecule has 0 bridgehead atoms. The molecule has 2 atom stereocenters. The molecule has 2 unspecified atom stereocenters. The quantitative estimate of drug-likeness (QED) is 0.900. The minimum absolute atomic E-state index is 0.0781. The Morgan fingerprint density at radius 2 is 2.38 bits per heavy atom. The van der Waals surface area contributed by atoms with Crippen LogP contribution in [0, 0.1) is 11.7 Å². The van der Waals surface area contributed by atoms with Gasteiger partial charge in [0.05, 0.1) is 11.8 Å². The molecule has 2 fully saturated rings. The van der Waals surface area contributed by atoms with Crippen molar-refractivity contribution in [3.63, 3.8) is 0 Å². The highest BCUT2D eigenvalue weighted by Crippen LogP contribution is 2.47. The van der Waals surface area contributed by atoms with Crippen LogP contribution in [-0.2, 0) is 4.74 Å². The number of nitrogens with one attached hydrogen (secondary N) is 1. The van der Waals surface area contributed by atoms with Gasteiger partial charge in [0, 0.05) is 24.4 Å². The van der Waals surface area contributed by atoms with Crippen molar-refractivity contribution in [3.8, 4) is 0 Å². The topological polar surface area (TPSA) is 34.2 Å². The van der Waals surface area contributed by atoms with Crippen LogP contribution in [0.25, 0.3) is 0 Å². The average Bonchev–Trinajstić information content (AvgIpc) is 2.48. The monoisotopic (exact) mass is 292 g/mol. The molecule has 0 aromatic carbocycles.